The van der Waals surface area contributed by atoms with Crippen LogP contribution in [0.5, 0.6) is 0 Å². The minimum atomic E-state index is -0.714. The number of halogens is 2. The normalized spacial score (nSPS) is 16.5. The first-order valence-corrected chi connectivity index (χ1v) is 9.09. The molecule has 0 N–H and O–H groups in total. The predicted molar refractivity (Wildman–Crippen MR) is 95.7 cm³/mol. The number of fused-ring (bicyclic) bond motifs is 1. The van der Waals surface area contributed by atoms with E-state index in [1.54, 1.807) is 16.1 Å². The van der Waals surface area contributed by atoms with E-state index in [-0.39, 0.29) is 17.2 Å². The highest BCUT2D eigenvalue weighted by Gasteiger charge is 2.29. The van der Waals surface area contributed by atoms with Crippen LogP contribution in [0.4, 0.5) is 13.6 Å². The van der Waals surface area contributed by atoms with Gasteiger partial charge >= 0.3 is 6.03 Å². The molecular weight excluding hydrogens is 366 g/mol. The summed E-state index contributed by atoms with van der Waals surface area (Å²) in [5.41, 5.74) is 3.17. The van der Waals surface area contributed by atoms with Crippen molar-refractivity contribution in [2.24, 2.45) is 0 Å². The number of carbonyl (C=O) groups excluding carboxylic acids is 1. The first-order valence-electron chi connectivity index (χ1n) is 9.09. The van der Waals surface area contributed by atoms with Gasteiger partial charge in [-0.1, -0.05) is 5.16 Å². The van der Waals surface area contributed by atoms with Crippen molar-refractivity contribution in [1.29, 1.82) is 5.26 Å². The van der Waals surface area contributed by atoms with Gasteiger partial charge in [-0.2, -0.15) is 5.26 Å². The van der Waals surface area contributed by atoms with Gasteiger partial charge < -0.3 is 14.3 Å². The Kier molecular flexibility index (Phi) is 4.82. The van der Waals surface area contributed by atoms with Crippen molar-refractivity contribution >= 4 is 11.6 Å². The topological polar surface area (TPSA) is 73.4 Å². The van der Waals surface area contributed by atoms with Crippen LogP contribution in [0.15, 0.2) is 34.6 Å². The van der Waals surface area contributed by atoms with E-state index in [0.717, 1.165) is 35.0 Å². The van der Waals surface area contributed by atoms with Gasteiger partial charge in [0, 0.05) is 37.7 Å². The van der Waals surface area contributed by atoms with E-state index < -0.39 is 11.6 Å². The van der Waals surface area contributed by atoms with Gasteiger partial charge in [0.2, 0.25) is 0 Å². The molecule has 8 heteroatoms. The highest BCUT2D eigenvalue weighted by molar-refractivity contribution is 5.80. The molecule has 1 aromatic carbocycles. The third kappa shape index (κ3) is 3.48. The summed E-state index contributed by atoms with van der Waals surface area (Å²) in [5, 5.41) is 13.4. The Labute approximate surface area is 160 Å². The predicted octanol–water partition coefficient (Wildman–Crippen LogP) is 3.50. The summed E-state index contributed by atoms with van der Waals surface area (Å²) >= 11 is 0. The lowest BCUT2D eigenvalue weighted by Crippen LogP contribution is -2.47. The highest BCUT2D eigenvalue weighted by Crippen LogP contribution is 2.28. The number of allylic oxidation sites excluding steroid dienone is 1. The van der Waals surface area contributed by atoms with Crippen molar-refractivity contribution in [3.05, 3.63) is 58.5 Å². The number of benzene rings is 1. The highest BCUT2D eigenvalue weighted by atomic mass is 19.1. The maximum atomic E-state index is 13.5. The Morgan fingerprint density at radius 1 is 1.07 bits per heavy atom. The molecule has 1 aromatic heterocycles. The molecule has 28 heavy (non-hydrogen) atoms. The minimum Gasteiger partial charge on any atom is -0.364 e. The van der Waals surface area contributed by atoms with Crippen molar-refractivity contribution in [3.8, 4) is 6.07 Å². The standard InChI is InChI=1S/C20H18F2N4O2/c21-16-7-14(8-17(22)9-16)18(10-23)13-1-4-25(5-2-13)20(27)26-6-3-19-15(11-26)12-28-24-19/h7-9,12H,1-6,11H2. The van der Waals surface area contributed by atoms with Gasteiger partial charge in [0.05, 0.1) is 23.9 Å². The number of hydrogen-bond acceptors (Lipinski definition) is 4. The maximum Gasteiger partial charge on any atom is 0.320 e. The van der Waals surface area contributed by atoms with Gasteiger partial charge in [0.15, 0.2) is 0 Å². The van der Waals surface area contributed by atoms with Crippen LogP contribution in [-0.4, -0.2) is 40.6 Å². The van der Waals surface area contributed by atoms with E-state index >= 15 is 0 Å². The molecule has 2 aliphatic rings. The van der Waals surface area contributed by atoms with Crippen molar-refractivity contribution in [1.82, 2.24) is 15.0 Å². The summed E-state index contributed by atoms with van der Waals surface area (Å²) in [5.74, 6) is -1.43. The second-order valence-electron chi connectivity index (χ2n) is 6.98. The molecule has 3 heterocycles. The molecule has 1 saturated heterocycles. The minimum absolute atomic E-state index is 0.0544. The number of hydrogen-bond donors (Lipinski definition) is 0. The molecule has 0 radical (unpaired) electrons. The lowest BCUT2D eigenvalue weighted by Gasteiger charge is -2.35. The van der Waals surface area contributed by atoms with Crippen LogP contribution in [0.3, 0.4) is 0 Å². The number of rotatable bonds is 1. The van der Waals surface area contributed by atoms with E-state index in [0.29, 0.717) is 45.4 Å². The molecule has 6 nitrogen and oxygen atoms in total. The van der Waals surface area contributed by atoms with Crippen molar-refractivity contribution in [2.75, 3.05) is 19.6 Å². The SMILES string of the molecule is N#CC(=C1CCN(C(=O)N2CCc3nocc3C2)CC1)c1cc(F)cc(F)c1. The molecule has 2 aromatic rings. The Morgan fingerprint density at radius 2 is 1.75 bits per heavy atom. The maximum absolute atomic E-state index is 13.5. The molecule has 4 rings (SSSR count). The Hall–Kier alpha value is -3.21. The average Bonchev–Trinajstić information content (AvgIpc) is 3.15. The van der Waals surface area contributed by atoms with Gasteiger partial charge in [-0.3, -0.25) is 0 Å². The largest absolute Gasteiger partial charge is 0.364 e. The fraction of sp³-hybridized carbons (Fsp3) is 0.350. The van der Waals surface area contributed by atoms with Gasteiger partial charge in [-0.05, 0) is 36.1 Å². The van der Waals surface area contributed by atoms with E-state index in [9.17, 15) is 18.8 Å². The van der Waals surface area contributed by atoms with E-state index in [1.165, 1.54) is 0 Å². The van der Waals surface area contributed by atoms with E-state index in [2.05, 4.69) is 11.2 Å². The zero-order valence-corrected chi connectivity index (χ0v) is 15.1. The van der Waals surface area contributed by atoms with Gasteiger partial charge in [-0.15, -0.1) is 0 Å². The monoisotopic (exact) mass is 384 g/mol. The van der Waals surface area contributed by atoms with Gasteiger partial charge in [0.25, 0.3) is 0 Å². The third-order valence-electron chi connectivity index (χ3n) is 5.23. The Bertz CT molecular complexity index is 962. The van der Waals surface area contributed by atoms with Crippen LogP contribution >= 0.6 is 0 Å². The summed E-state index contributed by atoms with van der Waals surface area (Å²) in [6.07, 6.45) is 3.24. The quantitative estimate of drug-likeness (QED) is 0.706. The Morgan fingerprint density at radius 3 is 2.43 bits per heavy atom. The lowest BCUT2D eigenvalue weighted by atomic mass is 9.94. The summed E-state index contributed by atoms with van der Waals surface area (Å²) < 4.78 is 32.0. The van der Waals surface area contributed by atoms with Crippen molar-refractivity contribution in [2.45, 2.75) is 25.8 Å². The summed E-state index contributed by atoms with van der Waals surface area (Å²) in [4.78, 5) is 16.3. The van der Waals surface area contributed by atoms with E-state index in [4.69, 9.17) is 4.52 Å². The van der Waals surface area contributed by atoms with Crippen LogP contribution in [0, 0.1) is 23.0 Å². The Balaban J connectivity index is 1.46. The lowest BCUT2D eigenvalue weighted by molar-refractivity contribution is 0.144. The molecule has 0 unspecified atom stereocenters. The fourth-order valence-corrected chi connectivity index (χ4v) is 3.77. The van der Waals surface area contributed by atoms with Gasteiger partial charge in [-0.25, -0.2) is 13.6 Å². The van der Waals surface area contributed by atoms with Crippen LogP contribution in [0.25, 0.3) is 5.57 Å². The third-order valence-corrected chi connectivity index (χ3v) is 5.23. The number of amides is 2. The molecule has 144 valence electrons. The smallest absolute Gasteiger partial charge is 0.320 e. The molecule has 0 atom stereocenters. The van der Waals surface area contributed by atoms with Gasteiger partial charge in [0.1, 0.15) is 17.9 Å². The second-order valence-corrected chi connectivity index (χ2v) is 6.98. The number of nitrogens with zero attached hydrogens (tertiary/aromatic N) is 4. The number of carbonyl (C=O) groups is 1. The fourth-order valence-electron chi connectivity index (χ4n) is 3.77. The number of aromatic nitrogens is 1. The van der Waals surface area contributed by atoms with E-state index in [1.807, 2.05) is 0 Å². The number of likely N-dealkylation sites (tertiary alicyclic amines) is 1. The molecule has 0 saturated carbocycles. The number of nitriles is 1. The molecule has 0 bridgehead atoms. The first-order chi connectivity index (χ1) is 13.5. The first kappa shape index (κ1) is 18.2. The summed E-state index contributed by atoms with van der Waals surface area (Å²) in [6.45, 7) is 1.99. The molecule has 2 aliphatic heterocycles. The van der Waals surface area contributed by atoms with Crippen LogP contribution in [-0.2, 0) is 13.0 Å². The zero-order chi connectivity index (χ0) is 19.7. The van der Waals surface area contributed by atoms with Crippen LogP contribution in [0.1, 0.15) is 29.7 Å². The molecule has 2 amide bonds. The molecule has 0 spiro atoms. The summed E-state index contributed by atoms with van der Waals surface area (Å²) in [6, 6.07) is 5.13. The molecule has 1 fully saturated rings. The zero-order valence-electron chi connectivity index (χ0n) is 15.1. The number of urea groups is 1. The second kappa shape index (κ2) is 7.43. The van der Waals surface area contributed by atoms with Crippen LogP contribution in [0.2, 0.25) is 0 Å². The van der Waals surface area contributed by atoms with Crippen molar-refractivity contribution in [3.63, 3.8) is 0 Å². The summed E-state index contributed by atoms with van der Waals surface area (Å²) in [7, 11) is 0. The molecule has 0 aliphatic carbocycles. The van der Waals surface area contributed by atoms with Crippen molar-refractivity contribution < 1.29 is 18.1 Å². The number of piperidine rings is 1. The average molecular weight is 384 g/mol. The van der Waals surface area contributed by atoms with Crippen LogP contribution < -0.4 is 0 Å². The molecular formula is C20H18F2N4O2.